The molecule has 86 valence electrons. The highest BCUT2D eigenvalue weighted by Crippen LogP contribution is 2.14. The van der Waals surface area contributed by atoms with E-state index >= 15 is 0 Å². The molecule has 2 rings (SSSR count). The first-order chi connectivity index (χ1) is 8.31. The van der Waals surface area contributed by atoms with E-state index in [0.29, 0.717) is 12.1 Å². The number of nitrogens with one attached hydrogen (secondary N) is 1. The zero-order valence-corrected chi connectivity index (χ0v) is 9.68. The molecular weight excluding hydrogens is 212 g/mol. The molecule has 1 atom stereocenters. The first-order valence-corrected chi connectivity index (χ1v) is 5.56. The zero-order chi connectivity index (χ0) is 12.1. The van der Waals surface area contributed by atoms with Gasteiger partial charge in [-0.2, -0.15) is 5.26 Å². The molecule has 0 saturated carbocycles. The Hall–Kier alpha value is -2.05. The summed E-state index contributed by atoms with van der Waals surface area (Å²) in [5, 5.41) is 12.3. The van der Waals surface area contributed by atoms with Gasteiger partial charge in [-0.1, -0.05) is 18.2 Å². The van der Waals surface area contributed by atoms with Crippen LogP contribution in [0.1, 0.15) is 29.9 Å². The van der Waals surface area contributed by atoms with Crippen LogP contribution in [0, 0.1) is 11.3 Å². The van der Waals surface area contributed by atoms with Crippen LogP contribution in [0.3, 0.4) is 0 Å². The van der Waals surface area contributed by atoms with Crippen molar-refractivity contribution in [2.45, 2.75) is 19.5 Å². The standard InChI is InChI=1S/C14H14N2O/c1-11(14-7-4-8-17-14)16-10-13-6-3-2-5-12(13)9-15/h2-8,11,16H,10H2,1H3/t11-/m1/s1. The normalized spacial score (nSPS) is 12.0. The maximum absolute atomic E-state index is 8.97. The SMILES string of the molecule is C[C@@H](NCc1ccccc1C#N)c1ccco1. The van der Waals surface area contributed by atoms with Crippen LogP contribution in [0.5, 0.6) is 0 Å². The molecule has 0 radical (unpaired) electrons. The number of hydrogen-bond acceptors (Lipinski definition) is 3. The fourth-order valence-electron chi connectivity index (χ4n) is 1.68. The van der Waals surface area contributed by atoms with E-state index in [9.17, 15) is 0 Å². The van der Waals surface area contributed by atoms with E-state index in [2.05, 4.69) is 11.4 Å². The Kier molecular flexibility index (Phi) is 3.59. The third-order valence-electron chi connectivity index (χ3n) is 2.71. The molecule has 0 unspecified atom stereocenters. The lowest BCUT2D eigenvalue weighted by Crippen LogP contribution is -2.18. The molecular formula is C14H14N2O. The first-order valence-electron chi connectivity index (χ1n) is 5.56. The first kappa shape index (κ1) is 11.4. The Balaban J connectivity index is 2.01. The molecule has 0 saturated heterocycles. The molecule has 0 aliphatic carbocycles. The summed E-state index contributed by atoms with van der Waals surface area (Å²) < 4.78 is 5.31. The predicted molar refractivity (Wildman–Crippen MR) is 65.1 cm³/mol. The fourth-order valence-corrected chi connectivity index (χ4v) is 1.68. The van der Waals surface area contributed by atoms with Gasteiger partial charge in [0.2, 0.25) is 0 Å². The second kappa shape index (κ2) is 5.33. The summed E-state index contributed by atoms with van der Waals surface area (Å²) in [6.45, 7) is 2.69. The van der Waals surface area contributed by atoms with Crippen molar-refractivity contribution in [1.82, 2.24) is 5.32 Å². The molecule has 1 N–H and O–H groups in total. The van der Waals surface area contributed by atoms with Crippen LogP contribution in [0.25, 0.3) is 0 Å². The maximum atomic E-state index is 8.97. The van der Waals surface area contributed by atoms with Crippen LogP contribution in [0.15, 0.2) is 47.1 Å². The minimum absolute atomic E-state index is 0.136. The van der Waals surface area contributed by atoms with Crippen molar-refractivity contribution in [3.8, 4) is 6.07 Å². The minimum atomic E-state index is 0.136. The largest absolute Gasteiger partial charge is 0.468 e. The predicted octanol–water partition coefficient (Wildman–Crippen LogP) is 3.00. The summed E-state index contributed by atoms with van der Waals surface area (Å²) in [5.41, 5.74) is 1.72. The van der Waals surface area contributed by atoms with Gasteiger partial charge in [0.15, 0.2) is 0 Å². The lowest BCUT2D eigenvalue weighted by atomic mass is 10.1. The van der Waals surface area contributed by atoms with Crippen molar-refractivity contribution in [2.24, 2.45) is 0 Å². The van der Waals surface area contributed by atoms with Gasteiger partial charge >= 0.3 is 0 Å². The lowest BCUT2D eigenvalue weighted by Gasteiger charge is -2.11. The van der Waals surface area contributed by atoms with Gasteiger partial charge in [-0.25, -0.2) is 0 Å². The molecule has 17 heavy (non-hydrogen) atoms. The second-order valence-corrected chi connectivity index (χ2v) is 3.89. The quantitative estimate of drug-likeness (QED) is 0.871. The molecule has 0 aliphatic heterocycles. The van der Waals surface area contributed by atoms with Gasteiger partial charge < -0.3 is 9.73 Å². The van der Waals surface area contributed by atoms with Crippen LogP contribution >= 0.6 is 0 Å². The Morgan fingerprint density at radius 2 is 2.12 bits per heavy atom. The molecule has 0 bridgehead atoms. The number of rotatable bonds is 4. The Bertz CT molecular complexity index is 511. The van der Waals surface area contributed by atoms with E-state index in [1.54, 1.807) is 6.26 Å². The van der Waals surface area contributed by atoms with Crippen molar-refractivity contribution in [3.05, 3.63) is 59.5 Å². The van der Waals surface area contributed by atoms with Crippen molar-refractivity contribution in [1.29, 1.82) is 5.26 Å². The summed E-state index contributed by atoms with van der Waals surface area (Å²) in [4.78, 5) is 0. The van der Waals surface area contributed by atoms with Crippen molar-refractivity contribution >= 4 is 0 Å². The van der Waals surface area contributed by atoms with E-state index in [-0.39, 0.29) is 6.04 Å². The van der Waals surface area contributed by atoms with E-state index in [4.69, 9.17) is 9.68 Å². The molecule has 1 aromatic heterocycles. The van der Waals surface area contributed by atoms with Crippen LogP contribution in [0.4, 0.5) is 0 Å². The van der Waals surface area contributed by atoms with Crippen LogP contribution < -0.4 is 5.32 Å². The van der Waals surface area contributed by atoms with Crippen molar-refractivity contribution in [2.75, 3.05) is 0 Å². The Labute approximate surface area is 101 Å². The third-order valence-corrected chi connectivity index (χ3v) is 2.71. The molecule has 0 fully saturated rings. The van der Waals surface area contributed by atoms with Crippen LogP contribution in [-0.2, 0) is 6.54 Å². The lowest BCUT2D eigenvalue weighted by molar-refractivity contribution is 0.430. The molecule has 2 aromatic rings. The molecule has 3 heteroatoms. The number of nitrogens with zero attached hydrogens (tertiary/aromatic N) is 1. The highest BCUT2D eigenvalue weighted by molar-refractivity contribution is 5.37. The Morgan fingerprint density at radius 1 is 1.29 bits per heavy atom. The fraction of sp³-hybridized carbons (Fsp3) is 0.214. The van der Waals surface area contributed by atoms with Crippen LogP contribution in [0.2, 0.25) is 0 Å². The average Bonchev–Trinajstić information content (AvgIpc) is 2.90. The number of hydrogen-bond donors (Lipinski definition) is 1. The molecule has 3 nitrogen and oxygen atoms in total. The maximum Gasteiger partial charge on any atom is 0.120 e. The van der Waals surface area contributed by atoms with E-state index in [1.807, 2.05) is 43.3 Å². The average molecular weight is 226 g/mol. The smallest absolute Gasteiger partial charge is 0.120 e. The number of benzene rings is 1. The van der Waals surface area contributed by atoms with Gasteiger partial charge in [0.05, 0.1) is 23.9 Å². The number of nitriles is 1. The molecule has 0 amide bonds. The molecule has 0 spiro atoms. The second-order valence-electron chi connectivity index (χ2n) is 3.89. The van der Waals surface area contributed by atoms with E-state index in [1.165, 1.54) is 0 Å². The number of furan rings is 1. The summed E-state index contributed by atoms with van der Waals surface area (Å²) in [7, 11) is 0. The van der Waals surface area contributed by atoms with Gasteiger partial charge in [-0.15, -0.1) is 0 Å². The van der Waals surface area contributed by atoms with Crippen molar-refractivity contribution < 1.29 is 4.42 Å². The highest BCUT2D eigenvalue weighted by atomic mass is 16.3. The third kappa shape index (κ3) is 2.74. The van der Waals surface area contributed by atoms with Gasteiger partial charge in [0, 0.05) is 6.54 Å². The van der Waals surface area contributed by atoms with Gasteiger partial charge in [-0.05, 0) is 30.7 Å². The summed E-state index contributed by atoms with van der Waals surface area (Å²) >= 11 is 0. The van der Waals surface area contributed by atoms with E-state index < -0.39 is 0 Å². The van der Waals surface area contributed by atoms with E-state index in [0.717, 1.165) is 11.3 Å². The highest BCUT2D eigenvalue weighted by Gasteiger charge is 2.08. The van der Waals surface area contributed by atoms with Crippen molar-refractivity contribution in [3.63, 3.8) is 0 Å². The zero-order valence-electron chi connectivity index (χ0n) is 9.68. The molecule has 1 aromatic carbocycles. The molecule has 0 aliphatic rings. The van der Waals surface area contributed by atoms with Gasteiger partial charge in [0.25, 0.3) is 0 Å². The summed E-state index contributed by atoms with van der Waals surface area (Å²) in [5.74, 6) is 0.902. The topological polar surface area (TPSA) is 49.0 Å². The molecule has 1 heterocycles. The van der Waals surface area contributed by atoms with Gasteiger partial charge in [-0.3, -0.25) is 0 Å². The monoisotopic (exact) mass is 226 g/mol. The minimum Gasteiger partial charge on any atom is -0.468 e. The van der Waals surface area contributed by atoms with Crippen LogP contribution in [-0.4, -0.2) is 0 Å². The van der Waals surface area contributed by atoms with Gasteiger partial charge in [0.1, 0.15) is 5.76 Å². The summed E-state index contributed by atoms with van der Waals surface area (Å²) in [6.07, 6.45) is 1.66. The summed E-state index contributed by atoms with van der Waals surface area (Å²) in [6, 6.07) is 13.7. The Morgan fingerprint density at radius 3 is 2.82 bits per heavy atom.